The summed E-state index contributed by atoms with van der Waals surface area (Å²) in [6, 6.07) is 10.1. The van der Waals surface area contributed by atoms with Gasteiger partial charge in [0.05, 0.1) is 18.2 Å². The smallest absolute Gasteiger partial charge is 0.221 e. The Morgan fingerprint density at radius 3 is 2.52 bits per heavy atom. The minimum Gasteiger partial charge on any atom is -0.373 e. The Balaban J connectivity index is 1.75. The first-order valence-electron chi connectivity index (χ1n) is 7.76. The third kappa shape index (κ3) is 5.14. The Hall–Kier alpha value is -1.39. The van der Waals surface area contributed by atoms with Gasteiger partial charge in [0.2, 0.25) is 5.91 Å². The Labute approximate surface area is 127 Å². The van der Waals surface area contributed by atoms with Gasteiger partial charge >= 0.3 is 0 Å². The van der Waals surface area contributed by atoms with Gasteiger partial charge in [-0.3, -0.25) is 9.69 Å². The fourth-order valence-electron chi connectivity index (χ4n) is 2.87. The minimum atomic E-state index is 0.0567. The van der Waals surface area contributed by atoms with Gasteiger partial charge in [0.1, 0.15) is 0 Å². The zero-order chi connectivity index (χ0) is 15.2. The van der Waals surface area contributed by atoms with Crippen molar-refractivity contribution in [2.45, 2.75) is 45.4 Å². The summed E-state index contributed by atoms with van der Waals surface area (Å²) in [4.78, 5) is 14.4. The minimum absolute atomic E-state index is 0.0567. The lowest BCUT2D eigenvalue weighted by molar-refractivity contribution is -0.123. The lowest BCUT2D eigenvalue weighted by atomic mass is 10.1. The molecule has 1 saturated heterocycles. The molecule has 1 heterocycles. The number of ether oxygens (including phenoxy) is 1. The fraction of sp³-hybridized carbons (Fsp3) is 0.588. The van der Waals surface area contributed by atoms with Crippen molar-refractivity contribution in [1.82, 2.24) is 10.2 Å². The predicted molar refractivity (Wildman–Crippen MR) is 84.1 cm³/mol. The molecule has 1 aromatic carbocycles. The fourth-order valence-corrected chi connectivity index (χ4v) is 2.87. The number of amides is 1. The second-order valence-corrected chi connectivity index (χ2v) is 5.97. The average molecular weight is 290 g/mol. The highest BCUT2D eigenvalue weighted by molar-refractivity contribution is 5.76. The van der Waals surface area contributed by atoms with Crippen LogP contribution < -0.4 is 5.32 Å². The highest BCUT2D eigenvalue weighted by Crippen LogP contribution is 2.13. The lowest BCUT2D eigenvalue weighted by Crippen LogP contribution is -2.46. The van der Waals surface area contributed by atoms with Crippen molar-refractivity contribution in [3.8, 4) is 0 Å². The second kappa shape index (κ2) is 7.57. The predicted octanol–water partition coefficient (Wildman–Crippen LogP) is 2.36. The molecular formula is C17H26N2O2. The number of carbonyl (C=O) groups is 1. The zero-order valence-corrected chi connectivity index (χ0v) is 13.2. The highest BCUT2D eigenvalue weighted by atomic mass is 16.5. The van der Waals surface area contributed by atoms with Gasteiger partial charge in [-0.15, -0.1) is 0 Å². The molecule has 0 spiro atoms. The van der Waals surface area contributed by atoms with Gasteiger partial charge < -0.3 is 10.1 Å². The van der Waals surface area contributed by atoms with Crippen molar-refractivity contribution in [1.29, 1.82) is 0 Å². The molecule has 0 unspecified atom stereocenters. The molecule has 1 aromatic rings. The number of nitrogens with zero attached hydrogens (tertiary/aromatic N) is 1. The summed E-state index contributed by atoms with van der Waals surface area (Å²) in [6.45, 7) is 8.80. The van der Waals surface area contributed by atoms with Gasteiger partial charge in [0.15, 0.2) is 0 Å². The molecule has 1 N–H and O–H groups in total. The maximum absolute atomic E-state index is 12.1. The summed E-state index contributed by atoms with van der Waals surface area (Å²) in [7, 11) is 0. The molecular weight excluding hydrogens is 264 g/mol. The monoisotopic (exact) mass is 290 g/mol. The van der Waals surface area contributed by atoms with E-state index in [0.29, 0.717) is 6.42 Å². The summed E-state index contributed by atoms with van der Waals surface area (Å²) in [5.74, 6) is 0.109. The maximum Gasteiger partial charge on any atom is 0.221 e. The van der Waals surface area contributed by atoms with E-state index in [4.69, 9.17) is 4.74 Å². The van der Waals surface area contributed by atoms with Crippen LogP contribution in [0.5, 0.6) is 0 Å². The van der Waals surface area contributed by atoms with E-state index in [1.54, 1.807) is 0 Å². The number of morpholine rings is 1. The molecule has 1 fully saturated rings. The van der Waals surface area contributed by atoms with Crippen LogP contribution in [0.2, 0.25) is 0 Å². The van der Waals surface area contributed by atoms with Crippen molar-refractivity contribution >= 4 is 5.91 Å². The van der Waals surface area contributed by atoms with Crippen LogP contribution in [0.25, 0.3) is 0 Å². The van der Waals surface area contributed by atoms with E-state index in [2.05, 4.69) is 24.1 Å². The van der Waals surface area contributed by atoms with Crippen LogP contribution in [-0.4, -0.2) is 42.6 Å². The molecule has 4 nitrogen and oxygen atoms in total. The molecule has 1 aliphatic rings. The Morgan fingerprint density at radius 1 is 1.29 bits per heavy atom. The van der Waals surface area contributed by atoms with E-state index in [0.717, 1.165) is 25.2 Å². The lowest BCUT2D eigenvalue weighted by Gasteiger charge is -2.35. The zero-order valence-electron chi connectivity index (χ0n) is 13.2. The van der Waals surface area contributed by atoms with Crippen LogP contribution in [0.1, 0.15) is 38.8 Å². The summed E-state index contributed by atoms with van der Waals surface area (Å²) < 4.78 is 5.70. The standard InChI is InChI=1S/C17H26N2O2/c1-13-11-19(12-14(2)21-13)10-9-17(20)18-15(3)16-7-5-4-6-8-16/h4-8,13-15H,9-12H2,1-3H3,(H,18,20)/t13-,14-,15+/m1/s1. The van der Waals surface area contributed by atoms with Crippen molar-refractivity contribution in [2.24, 2.45) is 0 Å². The van der Waals surface area contributed by atoms with E-state index < -0.39 is 0 Å². The van der Waals surface area contributed by atoms with Crippen molar-refractivity contribution in [3.63, 3.8) is 0 Å². The van der Waals surface area contributed by atoms with Gasteiger partial charge in [0, 0.05) is 26.1 Å². The van der Waals surface area contributed by atoms with Gasteiger partial charge in [-0.1, -0.05) is 30.3 Å². The molecule has 0 radical (unpaired) electrons. The Kier molecular flexibility index (Phi) is 5.76. The van der Waals surface area contributed by atoms with Gasteiger partial charge in [0.25, 0.3) is 0 Å². The number of hydrogen-bond acceptors (Lipinski definition) is 3. The van der Waals surface area contributed by atoms with Crippen LogP contribution in [0.15, 0.2) is 30.3 Å². The van der Waals surface area contributed by atoms with E-state index in [1.165, 1.54) is 0 Å². The highest BCUT2D eigenvalue weighted by Gasteiger charge is 2.22. The largest absolute Gasteiger partial charge is 0.373 e. The SMILES string of the molecule is C[C@@H]1CN(CCC(=O)N[C@@H](C)c2ccccc2)C[C@@H](C)O1. The van der Waals surface area contributed by atoms with Crippen LogP contribution in [-0.2, 0) is 9.53 Å². The van der Waals surface area contributed by atoms with Crippen LogP contribution in [0.4, 0.5) is 0 Å². The van der Waals surface area contributed by atoms with Crippen LogP contribution >= 0.6 is 0 Å². The van der Waals surface area contributed by atoms with Gasteiger partial charge in [-0.2, -0.15) is 0 Å². The Bertz CT molecular complexity index is 439. The molecule has 1 amide bonds. The van der Waals surface area contributed by atoms with E-state index in [9.17, 15) is 4.79 Å². The first-order chi connectivity index (χ1) is 10.0. The van der Waals surface area contributed by atoms with Crippen molar-refractivity contribution < 1.29 is 9.53 Å². The molecule has 3 atom stereocenters. The molecule has 21 heavy (non-hydrogen) atoms. The topological polar surface area (TPSA) is 41.6 Å². The maximum atomic E-state index is 12.1. The Morgan fingerprint density at radius 2 is 1.90 bits per heavy atom. The molecule has 4 heteroatoms. The third-order valence-corrected chi connectivity index (χ3v) is 3.83. The first-order valence-corrected chi connectivity index (χ1v) is 7.76. The number of nitrogens with one attached hydrogen (secondary N) is 1. The van der Waals surface area contributed by atoms with Gasteiger partial charge in [-0.25, -0.2) is 0 Å². The van der Waals surface area contributed by atoms with E-state index >= 15 is 0 Å². The van der Waals surface area contributed by atoms with Crippen molar-refractivity contribution in [2.75, 3.05) is 19.6 Å². The number of benzene rings is 1. The molecule has 2 rings (SSSR count). The molecule has 0 aromatic heterocycles. The van der Waals surface area contributed by atoms with E-state index in [-0.39, 0.29) is 24.2 Å². The third-order valence-electron chi connectivity index (χ3n) is 3.83. The summed E-state index contributed by atoms with van der Waals surface area (Å²) in [5.41, 5.74) is 1.14. The molecule has 116 valence electrons. The van der Waals surface area contributed by atoms with Gasteiger partial charge in [-0.05, 0) is 26.3 Å². The number of carbonyl (C=O) groups excluding carboxylic acids is 1. The van der Waals surface area contributed by atoms with Crippen molar-refractivity contribution in [3.05, 3.63) is 35.9 Å². The quantitative estimate of drug-likeness (QED) is 0.905. The molecule has 0 bridgehead atoms. The van der Waals surface area contributed by atoms with Crippen LogP contribution in [0.3, 0.4) is 0 Å². The summed E-state index contributed by atoms with van der Waals surface area (Å²) >= 11 is 0. The summed E-state index contributed by atoms with van der Waals surface area (Å²) in [6.07, 6.45) is 1.04. The molecule has 0 saturated carbocycles. The van der Waals surface area contributed by atoms with E-state index in [1.807, 2.05) is 37.3 Å². The molecule has 1 aliphatic heterocycles. The number of rotatable bonds is 5. The normalized spacial score (nSPS) is 24.5. The first kappa shape index (κ1) is 16.0. The van der Waals surface area contributed by atoms with Crippen LogP contribution in [0, 0.1) is 0 Å². The average Bonchev–Trinajstić information content (AvgIpc) is 2.45. The summed E-state index contributed by atoms with van der Waals surface area (Å²) in [5, 5.41) is 3.06. The molecule has 0 aliphatic carbocycles. The second-order valence-electron chi connectivity index (χ2n) is 5.97. The number of hydrogen-bond donors (Lipinski definition) is 1.